The molecule has 0 fully saturated rings. The van der Waals surface area contributed by atoms with Gasteiger partial charge in [0.15, 0.2) is 0 Å². The van der Waals surface area contributed by atoms with Gasteiger partial charge in [-0.2, -0.15) is 0 Å². The standard InChI is InChI=1S/3C9H10O.Rh/c3*10-9-6-5-7-3-1-2-4-8(7)9;/h3*1-4,9-10H,5-6H2;. The third kappa shape index (κ3) is 5.70. The molecule has 3 aromatic rings. The second-order valence-corrected chi connectivity index (χ2v) is 8.26. The van der Waals surface area contributed by atoms with Gasteiger partial charge in [-0.05, 0) is 71.9 Å². The van der Waals surface area contributed by atoms with Crippen LogP contribution in [-0.2, 0) is 38.7 Å². The Morgan fingerprint density at radius 3 is 0.968 bits per heavy atom. The van der Waals surface area contributed by atoms with Gasteiger partial charge in [-0.1, -0.05) is 72.8 Å². The topological polar surface area (TPSA) is 60.7 Å². The number of hydrogen-bond donors (Lipinski definition) is 3. The van der Waals surface area contributed by atoms with Crippen molar-refractivity contribution >= 4 is 0 Å². The maximum atomic E-state index is 9.38. The van der Waals surface area contributed by atoms with Crippen molar-refractivity contribution < 1.29 is 34.8 Å². The zero-order valence-corrected chi connectivity index (χ0v) is 19.2. The number of fused-ring (bicyclic) bond motifs is 3. The number of aliphatic hydroxyl groups excluding tert-OH is 3. The first-order chi connectivity index (χ1) is 14.6. The Hall–Kier alpha value is -1.84. The van der Waals surface area contributed by atoms with Crippen molar-refractivity contribution in [2.24, 2.45) is 0 Å². The van der Waals surface area contributed by atoms with Crippen LogP contribution in [0, 0.1) is 0 Å². The van der Waals surface area contributed by atoms with E-state index in [-0.39, 0.29) is 37.8 Å². The summed E-state index contributed by atoms with van der Waals surface area (Å²) in [4.78, 5) is 0. The Morgan fingerprint density at radius 1 is 0.452 bits per heavy atom. The molecule has 3 aliphatic carbocycles. The first-order valence-electron chi connectivity index (χ1n) is 10.9. The van der Waals surface area contributed by atoms with Crippen molar-refractivity contribution in [3.63, 3.8) is 0 Å². The fourth-order valence-corrected chi connectivity index (χ4v) is 4.60. The van der Waals surface area contributed by atoms with Crippen LogP contribution in [0.25, 0.3) is 0 Å². The van der Waals surface area contributed by atoms with E-state index in [1.807, 2.05) is 54.6 Å². The summed E-state index contributed by atoms with van der Waals surface area (Å²) in [6.07, 6.45) is 5.23. The zero-order chi connectivity index (χ0) is 20.9. The Balaban J connectivity index is 0.000000130. The molecular weight excluding hydrogens is 475 g/mol. The van der Waals surface area contributed by atoms with Crippen LogP contribution in [0.4, 0.5) is 0 Å². The first kappa shape index (κ1) is 23.8. The Labute approximate surface area is 197 Å². The number of aryl methyl sites for hydroxylation is 3. The van der Waals surface area contributed by atoms with Crippen LogP contribution in [0.2, 0.25) is 0 Å². The molecule has 3 aliphatic rings. The molecule has 0 spiro atoms. The molecule has 3 aromatic carbocycles. The van der Waals surface area contributed by atoms with Crippen LogP contribution in [0.1, 0.15) is 71.0 Å². The Kier molecular flexibility index (Phi) is 8.57. The predicted octanol–water partition coefficient (Wildman–Crippen LogP) is 5.00. The molecule has 31 heavy (non-hydrogen) atoms. The summed E-state index contributed by atoms with van der Waals surface area (Å²) < 4.78 is 0. The molecule has 1 radical (unpaired) electrons. The van der Waals surface area contributed by atoms with Gasteiger partial charge < -0.3 is 15.3 Å². The minimum atomic E-state index is -0.198. The Morgan fingerprint density at radius 2 is 0.710 bits per heavy atom. The van der Waals surface area contributed by atoms with Crippen LogP contribution in [-0.4, -0.2) is 15.3 Å². The van der Waals surface area contributed by atoms with Gasteiger partial charge in [0.1, 0.15) is 0 Å². The average molecular weight is 505 g/mol. The van der Waals surface area contributed by atoms with Gasteiger partial charge in [0.25, 0.3) is 0 Å². The van der Waals surface area contributed by atoms with Crippen LogP contribution in [0.15, 0.2) is 72.8 Å². The molecule has 0 bridgehead atoms. The molecule has 0 heterocycles. The van der Waals surface area contributed by atoms with E-state index >= 15 is 0 Å². The molecule has 0 amide bonds. The predicted molar refractivity (Wildman–Crippen MR) is 119 cm³/mol. The minimum Gasteiger partial charge on any atom is -0.388 e. The average Bonchev–Trinajstić information content (AvgIpc) is 3.48. The SMILES string of the molecule is OC1CCc2ccccc21.OC1CCc2ccccc21.OC1CCc2ccccc21.[Rh]. The molecule has 6 rings (SSSR count). The van der Waals surface area contributed by atoms with E-state index in [2.05, 4.69) is 18.2 Å². The molecule has 3 N–H and O–H groups in total. The molecule has 0 saturated heterocycles. The largest absolute Gasteiger partial charge is 0.388 e. The van der Waals surface area contributed by atoms with Gasteiger partial charge in [0.2, 0.25) is 0 Å². The number of benzene rings is 3. The fraction of sp³-hybridized carbons (Fsp3) is 0.333. The van der Waals surface area contributed by atoms with Gasteiger partial charge in [0.05, 0.1) is 18.3 Å². The van der Waals surface area contributed by atoms with Crippen molar-refractivity contribution in [2.75, 3.05) is 0 Å². The molecule has 3 nitrogen and oxygen atoms in total. The van der Waals surface area contributed by atoms with E-state index in [0.717, 1.165) is 55.2 Å². The number of aliphatic hydroxyl groups is 3. The third-order valence-electron chi connectivity index (χ3n) is 6.30. The number of rotatable bonds is 0. The summed E-state index contributed by atoms with van der Waals surface area (Å²) in [6.45, 7) is 0. The smallest absolute Gasteiger partial charge is 0.0795 e. The summed E-state index contributed by atoms with van der Waals surface area (Å²) in [5.74, 6) is 0. The maximum Gasteiger partial charge on any atom is 0.0795 e. The van der Waals surface area contributed by atoms with Crippen LogP contribution in [0.5, 0.6) is 0 Å². The van der Waals surface area contributed by atoms with E-state index in [1.165, 1.54) is 16.7 Å². The summed E-state index contributed by atoms with van der Waals surface area (Å²) in [6, 6.07) is 24.3. The molecule has 0 aliphatic heterocycles. The van der Waals surface area contributed by atoms with Crippen molar-refractivity contribution in [3.8, 4) is 0 Å². The molecule has 3 atom stereocenters. The van der Waals surface area contributed by atoms with E-state index in [9.17, 15) is 15.3 Å². The van der Waals surface area contributed by atoms with Crippen LogP contribution in [0.3, 0.4) is 0 Å². The summed E-state index contributed by atoms with van der Waals surface area (Å²) in [5, 5.41) is 28.1. The van der Waals surface area contributed by atoms with Gasteiger partial charge in [-0.3, -0.25) is 0 Å². The van der Waals surface area contributed by atoms with Gasteiger partial charge >= 0.3 is 0 Å². The first-order valence-corrected chi connectivity index (χ1v) is 10.9. The third-order valence-corrected chi connectivity index (χ3v) is 6.30. The Bertz CT molecular complexity index is 860. The molecule has 4 heteroatoms. The normalized spacial score (nSPS) is 22.0. The molecule has 165 valence electrons. The van der Waals surface area contributed by atoms with Crippen molar-refractivity contribution in [1.82, 2.24) is 0 Å². The summed E-state index contributed by atoms with van der Waals surface area (Å²) in [7, 11) is 0. The number of hydrogen-bond acceptors (Lipinski definition) is 3. The molecule has 0 aromatic heterocycles. The van der Waals surface area contributed by atoms with Crippen LogP contribution >= 0.6 is 0 Å². The summed E-state index contributed by atoms with van der Waals surface area (Å²) >= 11 is 0. The summed E-state index contributed by atoms with van der Waals surface area (Å²) in [5.41, 5.74) is 7.33. The van der Waals surface area contributed by atoms with Gasteiger partial charge in [-0.25, -0.2) is 0 Å². The van der Waals surface area contributed by atoms with Gasteiger partial charge in [0, 0.05) is 19.5 Å². The van der Waals surface area contributed by atoms with Crippen molar-refractivity contribution in [2.45, 2.75) is 56.8 Å². The monoisotopic (exact) mass is 505 g/mol. The molecular formula is C27H30O3Rh. The minimum absolute atomic E-state index is 0. The zero-order valence-electron chi connectivity index (χ0n) is 17.6. The van der Waals surface area contributed by atoms with E-state index in [1.54, 1.807) is 0 Å². The van der Waals surface area contributed by atoms with E-state index in [0.29, 0.717) is 0 Å². The van der Waals surface area contributed by atoms with Crippen LogP contribution < -0.4 is 0 Å². The second kappa shape index (κ2) is 11.2. The molecule has 0 saturated carbocycles. The molecule has 3 unspecified atom stereocenters. The van der Waals surface area contributed by atoms with Crippen molar-refractivity contribution in [1.29, 1.82) is 0 Å². The second-order valence-electron chi connectivity index (χ2n) is 8.26. The van der Waals surface area contributed by atoms with Crippen molar-refractivity contribution in [3.05, 3.63) is 106 Å². The maximum absolute atomic E-state index is 9.38. The van der Waals surface area contributed by atoms with E-state index in [4.69, 9.17) is 0 Å². The van der Waals surface area contributed by atoms with Gasteiger partial charge in [-0.15, -0.1) is 0 Å². The van der Waals surface area contributed by atoms with E-state index < -0.39 is 0 Å². The fourth-order valence-electron chi connectivity index (χ4n) is 4.60. The quantitative estimate of drug-likeness (QED) is 0.377.